The summed E-state index contributed by atoms with van der Waals surface area (Å²) in [6.07, 6.45) is 1.91. The Bertz CT molecular complexity index is 451. The largest absolute Gasteiger partial charge is 0.481 e. The summed E-state index contributed by atoms with van der Waals surface area (Å²) in [6, 6.07) is 1.51. The van der Waals surface area contributed by atoms with Crippen LogP contribution in [0.2, 0.25) is 0 Å². The molecule has 0 spiro atoms. The molecule has 2 rings (SSSR count). The van der Waals surface area contributed by atoms with Gasteiger partial charge in [-0.15, -0.1) is 0 Å². The van der Waals surface area contributed by atoms with Crippen LogP contribution in [0.25, 0.3) is 0 Å². The average Bonchev–Trinajstić information content (AvgIpc) is 2.70. The molecular weight excluding hydrogens is 236 g/mol. The number of likely N-dealkylation sites (tertiary alicyclic amines) is 1. The first-order chi connectivity index (χ1) is 8.58. The fourth-order valence-corrected chi connectivity index (χ4v) is 1.90. The van der Waals surface area contributed by atoms with Crippen molar-refractivity contribution in [3.05, 3.63) is 12.3 Å². The first kappa shape index (κ1) is 12.4. The van der Waals surface area contributed by atoms with Gasteiger partial charge >= 0.3 is 12.0 Å². The first-order valence-corrected chi connectivity index (χ1v) is 5.89. The lowest BCUT2D eigenvalue weighted by molar-refractivity contribution is -0.139. The molecule has 1 aliphatic heterocycles. The van der Waals surface area contributed by atoms with Crippen LogP contribution in [0.4, 0.5) is 10.6 Å². The molecule has 0 saturated carbocycles. The molecule has 2 amide bonds. The molecular formula is C11H16N4O3. The predicted octanol–water partition coefficient (Wildman–Crippen LogP) is 0.841. The number of carboxylic acid groups (broad SMARTS) is 1. The van der Waals surface area contributed by atoms with Crippen LogP contribution < -0.4 is 5.32 Å². The second-order valence-electron chi connectivity index (χ2n) is 4.36. The van der Waals surface area contributed by atoms with Crippen molar-refractivity contribution in [3.63, 3.8) is 0 Å². The highest BCUT2D eigenvalue weighted by Gasteiger charge is 2.32. The van der Waals surface area contributed by atoms with E-state index in [0.717, 1.165) is 6.54 Å². The summed E-state index contributed by atoms with van der Waals surface area (Å²) < 4.78 is 1.72. The number of nitrogens with zero attached hydrogens (tertiary/aromatic N) is 3. The molecule has 1 fully saturated rings. The van der Waals surface area contributed by atoms with Crippen molar-refractivity contribution in [2.75, 3.05) is 18.4 Å². The third-order valence-corrected chi connectivity index (χ3v) is 2.91. The number of amides is 2. The molecule has 7 heteroatoms. The number of rotatable bonds is 4. The number of hydrogen-bond acceptors (Lipinski definition) is 3. The van der Waals surface area contributed by atoms with Gasteiger partial charge in [0.15, 0.2) is 5.82 Å². The van der Waals surface area contributed by atoms with E-state index in [9.17, 15) is 9.59 Å². The van der Waals surface area contributed by atoms with Crippen molar-refractivity contribution in [2.24, 2.45) is 5.92 Å². The lowest BCUT2D eigenvalue weighted by Crippen LogP contribution is -2.52. The van der Waals surface area contributed by atoms with Gasteiger partial charge in [0, 0.05) is 37.8 Å². The van der Waals surface area contributed by atoms with E-state index in [4.69, 9.17) is 5.11 Å². The van der Waals surface area contributed by atoms with Crippen LogP contribution in [-0.4, -0.2) is 44.9 Å². The van der Waals surface area contributed by atoms with Gasteiger partial charge in [0.1, 0.15) is 0 Å². The molecule has 18 heavy (non-hydrogen) atoms. The van der Waals surface area contributed by atoms with E-state index in [1.54, 1.807) is 21.8 Å². The number of aromatic nitrogens is 2. The predicted molar refractivity (Wildman–Crippen MR) is 64.2 cm³/mol. The Kier molecular flexibility index (Phi) is 3.50. The maximum Gasteiger partial charge on any atom is 0.323 e. The van der Waals surface area contributed by atoms with Crippen molar-refractivity contribution >= 4 is 17.8 Å². The van der Waals surface area contributed by atoms with Crippen molar-refractivity contribution in [2.45, 2.75) is 19.9 Å². The average molecular weight is 252 g/mol. The summed E-state index contributed by atoms with van der Waals surface area (Å²) in [5.41, 5.74) is 0. The summed E-state index contributed by atoms with van der Waals surface area (Å²) in [6.45, 7) is 3.70. The molecule has 0 aromatic carbocycles. The topological polar surface area (TPSA) is 87.5 Å². The number of carbonyl (C=O) groups is 2. The van der Waals surface area contributed by atoms with E-state index < -0.39 is 5.97 Å². The Morgan fingerprint density at radius 1 is 1.56 bits per heavy atom. The molecule has 0 unspecified atom stereocenters. The molecule has 1 aromatic heterocycles. The van der Waals surface area contributed by atoms with Gasteiger partial charge in [0.25, 0.3) is 0 Å². The minimum Gasteiger partial charge on any atom is -0.481 e. The number of carboxylic acids is 1. The molecule has 0 atom stereocenters. The molecule has 1 aromatic rings. The fourth-order valence-electron chi connectivity index (χ4n) is 1.90. The van der Waals surface area contributed by atoms with Gasteiger partial charge in [-0.3, -0.25) is 14.8 Å². The minimum absolute atomic E-state index is 0.0708. The maximum absolute atomic E-state index is 11.7. The maximum atomic E-state index is 11.7. The van der Waals surface area contributed by atoms with Crippen LogP contribution in [-0.2, 0) is 11.3 Å². The van der Waals surface area contributed by atoms with Crippen LogP contribution in [0.3, 0.4) is 0 Å². The highest BCUT2D eigenvalue weighted by atomic mass is 16.4. The van der Waals surface area contributed by atoms with Crippen molar-refractivity contribution in [3.8, 4) is 0 Å². The standard InChI is InChI=1S/C11H16N4O3/c1-2-15-4-3-9(13-15)12-11(18)14-6-8(7-14)5-10(16)17/h3-4,8H,2,5-7H2,1H3,(H,16,17)(H,12,13,18). The molecule has 0 bridgehead atoms. The number of carbonyl (C=O) groups excluding carboxylic acids is 1. The fraction of sp³-hybridized carbons (Fsp3) is 0.545. The third kappa shape index (κ3) is 2.79. The van der Waals surface area contributed by atoms with Crippen LogP contribution in [0.15, 0.2) is 12.3 Å². The number of aliphatic carboxylic acids is 1. The Balaban J connectivity index is 1.78. The van der Waals surface area contributed by atoms with E-state index in [1.165, 1.54) is 0 Å². The molecule has 2 heterocycles. The normalized spacial score (nSPS) is 15.3. The van der Waals surface area contributed by atoms with E-state index >= 15 is 0 Å². The minimum atomic E-state index is -0.818. The Hall–Kier alpha value is -2.05. The van der Waals surface area contributed by atoms with Crippen molar-refractivity contribution in [1.82, 2.24) is 14.7 Å². The number of aryl methyl sites for hydroxylation is 1. The summed E-state index contributed by atoms with van der Waals surface area (Å²) >= 11 is 0. The van der Waals surface area contributed by atoms with Crippen molar-refractivity contribution in [1.29, 1.82) is 0 Å². The van der Waals surface area contributed by atoms with Crippen molar-refractivity contribution < 1.29 is 14.7 Å². The Labute approximate surface area is 104 Å². The second-order valence-corrected chi connectivity index (χ2v) is 4.36. The summed E-state index contributed by atoms with van der Waals surface area (Å²) in [5, 5.41) is 15.4. The molecule has 2 N–H and O–H groups in total. The molecule has 7 nitrogen and oxygen atoms in total. The van der Waals surface area contributed by atoms with Gasteiger partial charge in [-0.05, 0) is 6.92 Å². The monoisotopic (exact) mass is 252 g/mol. The number of hydrogen-bond donors (Lipinski definition) is 2. The quantitative estimate of drug-likeness (QED) is 0.831. The van der Waals surface area contributed by atoms with Gasteiger partial charge in [0.2, 0.25) is 0 Å². The zero-order valence-corrected chi connectivity index (χ0v) is 10.2. The van der Waals surface area contributed by atoms with Crippen LogP contribution in [0.1, 0.15) is 13.3 Å². The summed E-state index contributed by atoms with van der Waals surface area (Å²) in [7, 11) is 0. The van der Waals surface area contributed by atoms with E-state index in [1.807, 2.05) is 6.92 Å². The smallest absolute Gasteiger partial charge is 0.323 e. The zero-order chi connectivity index (χ0) is 13.1. The number of anilines is 1. The first-order valence-electron chi connectivity index (χ1n) is 5.89. The number of nitrogens with one attached hydrogen (secondary N) is 1. The van der Waals surface area contributed by atoms with E-state index in [2.05, 4.69) is 10.4 Å². The SMILES string of the molecule is CCn1ccc(NC(=O)N2CC(CC(=O)O)C2)n1. The molecule has 1 aliphatic rings. The van der Waals surface area contributed by atoms with Gasteiger partial charge in [-0.2, -0.15) is 5.10 Å². The summed E-state index contributed by atoms with van der Waals surface area (Å²) in [5.74, 6) is -0.230. The van der Waals surface area contributed by atoms with Crippen LogP contribution in [0.5, 0.6) is 0 Å². The third-order valence-electron chi connectivity index (χ3n) is 2.91. The Morgan fingerprint density at radius 2 is 2.28 bits per heavy atom. The lowest BCUT2D eigenvalue weighted by atomic mass is 9.97. The number of urea groups is 1. The van der Waals surface area contributed by atoms with Crippen LogP contribution >= 0.6 is 0 Å². The molecule has 0 radical (unpaired) electrons. The molecule has 0 aliphatic carbocycles. The highest BCUT2D eigenvalue weighted by molar-refractivity contribution is 5.88. The van der Waals surface area contributed by atoms with Gasteiger partial charge < -0.3 is 10.0 Å². The van der Waals surface area contributed by atoms with Gasteiger partial charge in [-0.1, -0.05) is 0 Å². The molecule has 1 saturated heterocycles. The van der Waals surface area contributed by atoms with E-state index in [0.29, 0.717) is 18.9 Å². The van der Waals surface area contributed by atoms with E-state index in [-0.39, 0.29) is 18.4 Å². The Morgan fingerprint density at radius 3 is 2.83 bits per heavy atom. The molecule has 98 valence electrons. The zero-order valence-electron chi connectivity index (χ0n) is 10.2. The second kappa shape index (κ2) is 5.07. The summed E-state index contributed by atoms with van der Waals surface area (Å²) in [4.78, 5) is 23.8. The van der Waals surface area contributed by atoms with Gasteiger partial charge in [-0.25, -0.2) is 4.79 Å². The van der Waals surface area contributed by atoms with Crippen LogP contribution in [0, 0.1) is 5.92 Å². The van der Waals surface area contributed by atoms with Gasteiger partial charge in [0.05, 0.1) is 6.42 Å². The lowest BCUT2D eigenvalue weighted by Gasteiger charge is -2.38. The highest BCUT2D eigenvalue weighted by Crippen LogP contribution is 2.19.